The van der Waals surface area contributed by atoms with Gasteiger partial charge in [-0.2, -0.15) is 0 Å². The molecule has 2 atom stereocenters. The number of hydrogen-bond acceptors (Lipinski definition) is 5. The Bertz CT molecular complexity index is 909. The molecule has 0 unspecified atom stereocenters. The van der Waals surface area contributed by atoms with E-state index in [1.165, 1.54) is 11.1 Å². The van der Waals surface area contributed by atoms with Gasteiger partial charge in [0, 0.05) is 64.2 Å². The molecule has 1 amide bonds. The quantitative estimate of drug-likeness (QED) is 0.423. The van der Waals surface area contributed by atoms with Gasteiger partial charge in [0.25, 0.3) is 0 Å². The number of hydrogen-bond donors (Lipinski definition) is 0. The van der Waals surface area contributed by atoms with Crippen LogP contribution in [-0.2, 0) is 9.53 Å². The monoisotopic (exact) mass is 520 g/mol. The molecule has 2 aromatic rings. The number of carbonyl (C=O) groups excluding carboxylic acids is 1. The first-order chi connectivity index (χ1) is 18.5. The highest BCUT2D eigenvalue weighted by molar-refractivity contribution is 5.76. The van der Waals surface area contributed by atoms with E-state index in [1.54, 1.807) is 0 Å². The summed E-state index contributed by atoms with van der Waals surface area (Å²) in [4.78, 5) is 22.7. The molecule has 0 aliphatic carbocycles. The molecule has 6 nitrogen and oxygen atoms in total. The normalized spacial score (nSPS) is 21.2. The fourth-order valence-corrected chi connectivity index (χ4v) is 6.21. The van der Waals surface area contributed by atoms with Crippen LogP contribution in [0.25, 0.3) is 0 Å². The molecule has 2 saturated heterocycles. The number of benzene rings is 2. The molecule has 38 heavy (non-hydrogen) atoms. The topological polar surface area (TPSA) is 39.3 Å². The van der Waals surface area contributed by atoms with Gasteiger partial charge in [0.15, 0.2) is 0 Å². The third-order valence-corrected chi connectivity index (χ3v) is 8.42. The Morgan fingerprint density at radius 1 is 0.947 bits per heavy atom. The lowest BCUT2D eigenvalue weighted by Gasteiger charge is -2.46. The molecule has 2 aliphatic rings. The third kappa shape index (κ3) is 8.12. The van der Waals surface area contributed by atoms with E-state index in [1.807, 2.05) is 4.90 Å². The molecule has 2 heterocycles. The van der Waals surface area contributed by atoms with Crippen LogP contribution in [0.15, 0.2) is 60.7 Å². The van der Waals surface area contributed by atoms with Gasteiger partial charge >= 0.3 is 0 Å². The van der Waals surface area contributed by atoms with Crippen molar-refractivity contribution >= 4 is 5.91 Å². The van der Waals surface area contributed by atoms with Crippen molar-refractivity contribution in [3.63, 3.8) is 0 Å². The summed E-state index contributed by atoms with van der Waals surface area (Å²) in [5.74, 6) is 1.14. The van der Waals surface area contributed by atoms with Gasteiger partial charge in [-0.1, -0.05) is 60.7 Å². The first kappa shape index (κ1) is 28.8. The molecule has 4 rings (SSSR count). The van der Waals surface area contributed by atoms with E-state index >= 15 is 0 Å². The summed E-state index contributed by atoms with van der Waals surface area (Å²) in [6.45, 7) is 11.4. The lowest BCUT2D eigenvalue weighted by molar-refractivity contribution is -0.131. The Labute approximate surface area is 230 Å². The summed E-state index contributed by atoms with van der Waals surface area (Å²) in [7, 11) is 4.14. The SMILES string of the molecule is CCN(CCN(C)C)C(=O)CC[C@H]1CN(CC(c2ccccc2)c2ccccc2)CC[C@H]1N1CCOCC1. The van der Waals surface area contributed by atoms with Crippen molar-refractivity contribution in [2.45, 2.75) is 38.1 Å². The number of nitrogens with zero attached hydrogens (tertiary/aromatic N) is 4. The van der Waals surface area contributed by atoms with Gasteiger partial charge in [0.2, 0.25) is 5.91 Å². The number of carbonyl (C=O) groups is 1. The summed E-state index contributed by atoms with van der Waals surface area (Å²) >= 11 is 0. The fourth-order valence-electron chi connectivity index (χ4n) is 6.21. The van der Waals surface area contributed by atoms with E-state index in [4.69, 9.17) is 4.74 Å². The van der Waals surface area contributed by atoms with Crippen LogP contribution in [0.4, 0.5) is 0 Å². The Morgan fingerprint density at radius 3 is 2.16 bits per heavy atom. The van der Waals surface area contributed by atoms with Crippen molar-refractivity contribution in [1.82, 2.24) is 19.6 Å². The maximum absolute atomic E-state index is 13.2. The number of likely N-dealkylation sites (tertiary alicyclic amines) is 1. The molecule has 6 heteroatoms. The molecule has 0 bridgehead atoms. The Morgan fingerprint density at radius 2 is 1.58 bits per heavy atom. The molecule has 0 spiro atoms. The van der Waals surface area contributed by atoms with Gasteiger partial charge < -0.3 is 19.4 Å². The first-order valence-corrected chi connectivity index (χ1v) is 14.6. The number of morpholine rings is 1. The second-order valence-corrected chi connectivity index (χ2v) is 11.2. The zero-order valence-electron chi connectivity index (χ0n) is 23.8. The molecular weight excluding hydrogens is 472 g/mol. The van der Waals surface area contributed by atoms with Crippen molar-refractivity contribution in [2.75, 3.05) is 79.7 Å². The summed E-state index contributed by atoms with van der Waals surface area (Å²) in [6, 6.07) is 22.4. The van der Waals surface area contributed by atoms with Gasteiger partial charge in [0.05, 0.1) is 13.2 Å². The van der Waals surface area contributed by atoms with Crippen molar-refractivity contribution in [2.24, 2.45) is 5.92 Å². The summed E-state index contributed by atoms with van der Waals surface area (Å²) < 4.78 is 5.67. The van der Waals surface area contributed by atoms with Crippen molar-refractivity contribution < 1.29 is 9.53 Å². The number of ether oxygens (including phenoxy) is 1. The van der Waals surface area contributed by atoms with Crippen LogP contribution in [0.1, 0.15) is 43.2 Å². The predicted molar refractivity (Wildman–Crippen MR) is 155 cm³/mol. The smallest absolute Gasteiger partial charge is 0.222 e. The standard InChI is InChI=1S/C32H48N4O2/c1-4-35(20-19-33(2)3)32(37)16-15-29-25-34(18-17-31(29)36-21-23-38-24-22-36)26-30(27-11-7-5-8-12-27)28-13-9-6-10-14-28/h5-14,29-31H,4,15-26H2,1-3H3/t29-,31+/m0/s1. The molecular formula is C32H48N4O2. The van der Waals surface area contributed by atoms with Gasteiger partial charge in [0.1, 0.15) is 0 Å². The predicted octanol–water partition coefficient (Wildman–Crippen LogP) is 4.03. The zero-order chi connectivity index (χ0) is 26.7. The second-order valence-electron chi connectivity index (χ2n) is 11.2. The highest BCUT2D eigenvalue weighted by atomic mass is 16.5. The molecule has 0 N–H and O–H groups in total. The van der Waals surface area contributed by atoms with E-state index in [-0.39, 0.29) is 0 Å². The third-order valence-electron chi connectivity index (χ3n) is 8.42. The van der Waals surface area contributed by atoms with Crippen LogP contribution in [0.3, 0.4) is 0 Å². The average Bonchev–Trinajstić information content (AvgIpc) is 2.96. The summed E-state index contributed by atoms with van der Waals surface area (Å²) in [5, 5.41) is 0. The molecule has 0 saturated carbocycles. The number of amides is 1. The maximum Gasteiger partial charge on any atom is 0.222 e. The minimum absolute atomic E-state index is 0.304. The maximum atomic E-state index is 13.2. The van der Waals surface area contributed by atoms with Crippen LogP contribution in [0.2, 0.25) is 0 Å². The molecule has 2 aromatic carbocycles. The van der Waals surface area contributed by atoms with Crippen molar-refractivity contribution in [3.8, 4) is 0 Å². The van der Waals surface area contributed by atoms with Crippen LogP contribution in [-0.4, -0.2) is 111 Å². The Kier molecular flexibility index (Phi) is 11.2. The van der Waals surface area contributed by atoms with Gasteiger partial charge in [-0.3, -0.25) is 9.69 Å². The Hall–Kier alpha value is -2.25. The average molecular weight is 521 g/mol. The van der Waals surface area contributed by atoms with E-state index < -0.39 is 0 Å². The molecule has 0 radical (unpaired) electrons. The highest BCUT2D eigenvalue weighted by Gasteiger charge is 2.35. The second kappa shape index (κ2) is 14.8. The Balaban J connectivity index is 1.46. The van der Waals surface area contributed by atoms with E-state index in [2.05, 4.69) is 96.4 Å². The van der Waals surface area contributed by atoms with Crippen molar-refractivity contribution in [3.05, 3.63) is 71.8 Å². The molecule has 208 valence electrons. The molecule has 2 fully saturated rings. The highest BCUT2D eigenvalue weighted by Crippen LogP contribution is 2.31. The van der Waals surface area contributed by atoms with Crippen LogP contribution in [0.5, 0.6) is 0 Å². The minimum Gasteiger partial charge on any atom is -0.379 e. The first-order valence-electron chi connectivity index (χ1n) is 14.6. The largest absolute Gasteiger partial charge is 0.379 e. The van der Waals surface area contributed by atoms with E-state index in [9.17, 15) is 4.79 Å². The lowest BCUT2D eigenvalue weighted by atomic mass is 9.84. The summed E-state index contributed by atoms with van der Waals surface area (Å²) in [5.41, 5.74) is 2.75. The zero-order valence-corrected chi connectivity index (χ0v) is 23.8. The number of piperidine rings is 1. The molecule has 2 aliphatic heterocycles. The summed E-state index contributed by atoms with van der Waals surface area (Å²) in [6.07, 6.45) is 2.76. The van der Waals surface area contributed by atoms with E-state index in [0.717, 1.165) is 78.4 Å². The van der Waals surface area contributed by atoms with Crippen LogP contribution >= 0.6 is 0 Å². The van der Waals surface area contributed by atoms with Gasteiger partial charge in [-0.05, 0) is 57.5 Å². The molecule has 0 aromatic heterocycles. The van der Waals surface area contributed by atoms with Gasteiger partial charge in [-0.25, -0.2) is 0 Å². The minimum atomic E-state index is 0.304. The van der Waals surface area contributed by atoms with Crippen molar-refractivity contribution in [1.29, 1.82) is 0 Å². The van der Waals surface area contributed by atoms with Crippen LogP contribution in [0, 0.1) is 5.92 Å². The van der Waals surface area contributed by atoms with Crippen LogP contribution < -0.4 is 0 Å². The number of likely N-dealkylation sites (N-methyl/N-ethyl adjacent to an activating group) is 2. The van der Waals surface area contributed by atoms with Gasteiger partial charge in [-0.15, -0.1) is 0 Å². The fraction of sp³-hybridized carbons (Fsp3) is 0.594. The lowest BCUT2D eigenvalue weighted by Crippen LogP contribution is -2.54. The number of rotatable bonds is 12. The van der Waals surface area contributed by atoms with E-state index in [0.29, 0.717) is 30.2 Å².